The second kappa shape index (κ2) is 4.40. The molecule has 2 aromatic heterocycles. The molecular weight excluding hydrogens is 264 g/mol. The monoisotopic (exact) mass is 272 g/mol. The summed E-state index contributed by atoms with van der Waals surface area (Å²) in [7, 11) is 0. The van der Waals surface area contributed by atoms with Crippen molar-refractivity contribution in [1.29, 1.82) is 0 Å². The van der Waals surface area contributed by atoms with Gasteiger partial charge in [-0.15, -0.1) is 0 Å². The van der Waals surface area contributed by atoms with Crippen LogP contribution in [0.25, 0.3) is 16.9 Å². The fourth-order valence-corrected chi connectivity index (χ4v) is 2.31. The fourth-order valence-electron chi connectivity index (χ4n) is 2.06. The summed E-state index contributed by atoms with van der Waals surface area (Å²) in [6.45, 7) is 0. The molecule has 0 amide bonds. The van der Waals surface area contributed by atoms with E-state index in [-0.39, 0.29) is 5.56 Å². The van der Waals surface area contributed by atoms with Crippen molar-refractivity contribution in [3.63, 3.8) is 0 Å². The Balaban J connectivity index is 2.34. The Hall–Kier alpha value is -2.33. The number of nitrogens with zero attached hydrogens (tertiary/aromatic N) is 2. The highest BCUT2D eigenvalue weighted by Gasteiger charge is 2.15. The number of pyridine rings is 1. The predicted molar refractivity (Wildman–Crippen MR) is 72.6 cm³/mol. The van der Waals surface area contributed by atoms with Crippen molar-refractivity contribution >= 4 is 23.1 Å². The first-order valence-corrected chi connectivity index (χ1v) is 6.01. The standard InChI is InChI=1S/C14H9ClN2O2/c15-12-7-3-4-9-8-16-13(17(9)12)10-5-1-2-6-11(10)14(18)19/h1-8H,(H,18,19). The molecule has 1 N–H and O–H groups in total. The molecule has 0 unspecified atom stereocenters. The van der Waals surface area contributed by atoms with E-state index >= 15 is 0 Å². The second-order valence-electron chi connectivity index (χ2n) is 4.04. The van der Waals surface area contributed by atoms with Crippen molar-refractivity contribution in [2.75, 3.05) is 0 Å². The summed E-state index contributed by atoms with van der Waals surface area (Å²) in [6, 6.07) is 12.2. The molecule has 19 heavy (non-hydrogen) atoms. The third-order valence-corrected chi connectivity index (χ3v) is 3.20. The zero-order valence-corrected chi connectivity index (χ0v) is 10.5. The molecule has 0 aliphatic heterocycles. The van der Waals surface area contributed by atoms with Crippen LogP contribution < -0.4 is 0 Å². The molecule has 0 bridgehead atoms. The Morgan fingerprint density at radius 2 is 1.95 bits per heavy atom. The van der Waals surface area contributed by atoms with E-state index in [1.807, 2.05) is 12.1 Å². The highest BCUT2D eigenvalue weighted by atomic mass is 35.5. The number of carboxylic acid groups (broad SMARTS) is 1. The van der Waals surface area contributed by atoms with Crippen LogP contribution in [-0.4, -0.2) is 20.5 Å². The summed E-state index contributed by atoms with van der Waals surface area (Å²) in [4.78, 5) is 15.6. The number of benzene rings is 1. The number of hydrogen-bond acceptors (Lipinski definition) is 2. The molecule has 3 aromatic rings. The Morgan fingerprint density at radius 1 is 1.16 bits per heavy atom. The van der Waals surface area contributed by atoms with E-state index < -0.39 is 5.97 Å². The molecule has 0 atom stereocenters. The number of carbonyl (C=O) groups is 1. The zero-order valence-electron chi connectivity index (χ0n) is 9.75. The summed E-state index contributed by atoms with van der Waals surface area (Å²) >= 11 is 6.16. The van der Waals surface area contributed by atoms with E-state index in [1.54, 1.807) is 40.9 Å². The molecule has 3 rings (SSSR count). The lowest BCUT2D eigenvalue weighted by molar-refractivity contribution is 0.0697. The molecule has 0 fully saturated rings. The van der Waals surface area contributed by atoms with Gasteiger partial charge >= 0.3 is 5.97 Å². The third-order valence-electron chi connectivity index (χ3n) is 2.90. The number of aromatic carboxylic acids is 1. The van der Waals surface area contributed by atoms with Crippen molar-refractivity contribution in [3.05, 3.63) is 59.4 Å². The van der Waals surface area contributed by atoms with Gasteiger partial charge in [-0.1, -0.05) is 35.9 Å². The molecule has 5 heteroatoms. The largest absolute Gasteiger partial charge is 0.478 e. The van der Waals surface area contributed by atoms with Crippen molar-refractivity contribution in [3.8, 4) is 11.4 Å². The predicted octanol–water partition coefficient (Wildman–Crippen LogP) is 3.35. The van der Waals surface area contributed by atoms with Gasteiger partial charge in [-0.05, 0) is 18.2 Å². The van der Waals surface area contributed by atoms with Gasteiger partial charge in [0.1, 0.15) is 11.0 Å². The van der Waals surface area contributed by atoms with E-state index in [4.69, 9.17) is 11.6 Å². The van der Waals surface area contributed by atoms with Crippen LogP contribution in [0, 0.1) is 0 Å². The maximum atomic E-state index is 11.3. The van der Waals surface area contributed by atoms with Gasteiger partial charge in [0.05, 0.1) is 17.3 Å². The summed E-state index contributed by atoms with van der Waals surface area (Å²) < 4.78 is 1.73. The normalized spacial score (nSPS) is 10.8. The topological polar surface area (TPSA) is 54.6 Å². The van der Waals surface area contributed by atoms with Gasteiger partial charge in [0.15, 0.2) is 0 Å². The summed E-state index contributed by atoms with van der Waals surface area (Å²) in [6.07, 6.45) is 1.67. The molecule has 0 saturated heterocycles. The maximum absolute atomic E-state index is 11.3. The quantitative estimate of drug-likeness (QED) is 0.728. The average Bonchev–Trinajstić information content (AvgIpc) is 2.84. The van der Waals surface area contributed by atoms with Crippen molar-refractivity contribution in [2.24, 2.45) is 0 Å². The molecule has 0 aliphatic carbocycles. The van der Waals surface area contributed by atoms with Gasteiger partial charge < -0.3 is 5.11 Å². The number of fused-ring (bicyclic) bond motifs is 1. The van der Waals surface area contributed by atoms with Crippen molar-refractivity contribution < 1.29 is 9.90 Å². The van der Waals surface area contributed by atoms with Crippen LogP contribution in [0.1, 0.15) is 10.4 Å². The van der Waals surface area contributed by atoms with E-state index in [0.29, 0.717) is 16.5 Å². The van der Waals surface area contributed by atoms with E-state index in [9.17, 15) is 9.90 Å². The Bertz CT molecular complexity index is 780. The lowest BCUT2D eigenvalue weighted by Gasteiger charge is -2.06. The van der Waals surface area contributed by atoms with Crippen LogP contribution in [-0.2, 0) is 0 Å². The molecule has 0 radical (unpaired) electrons. The second-order valence-corrected chi connectivity index (χ2v) is 4.43. The first-order valence-electron chi connectivity index (χ1n) is 5.63. The highest BCUT2D eigenvalue weighted by Crippen LogP contribution is 2.26. The van der Waals surface area contributed by atoms with Crippen LogP contribution in [0.4, 0.5) is 0 Å². The smallest absolute Gasteiger partial charge is 0.336 e. The number of hydrogen-bond donors (Lipinski definition) is 1. The Labute approximate surface area is 113 Å². The minimum absolute atomic E-state index is 0.204. The highest BCUT2D eigenvalue weighted by molar-refractivity contribution is 6.30. The van der Waals surface area contributed by atoms with Crippen molar-refractivity contribution in [2.45, 2.75) is 0 Å². The van der Waals surface area contributed by atoms with Gasteiger partial charge in [-0.25, -0.2) is 9.78 Å². The number of rotatable bonds is 2. The summed E-state index contributed by atoms with van der Waals surface area (Å²) in [5, 5.41) is 9.73. The minimum atomic E-state index is -0.987. The first-order chi connectivity index (χ1) is 9.18. The minimum Gasteiger partial charge on any atom is -0.478 e. The van der Waals surface area contributed by atoms with Gasteiger partial charge in [-0.3, -0.25) is 4.40 Å². The average molecular weight is 273 g/mol. The molecule has 0 saturated carbocycles. The molecule has 94 valence electrons. The number of carboxylic acids is 1. The SMILES string of the molecule is O=C(O)c1ccccc1-c1ncc2cccc(Cl)n12. The van der Waals surface area contributed by atoms with Gasteiger partial charge in [0, 0.05) is 5.56 Å². The molecular formula is C14H9ClN2O2. The number of halogens is 1. The van der Waals surface area contributed by atoms with Crippen LogP contribution >= 0.6 is 11.6 Å². The van der Waals surface area contributed by atoms with Crippen LogP contribution in [0.3, 0.4) is 0 Å². The van der Waals surface area contributed by atoms with Gasteiger partial charge in [-0.2, -0.15) is 0 Å². The Morgan fingerprint density at radius 3 is 2.74 bits per heavy atom. The van der Waals surface area contributed by atoms with Crippen LogP contribution in [0.5, 0.6) is 0 Å². The maximum Gasteiger partial charge on any atom is 0.336 e. The molecule has 4 nitrogen and oxygen atoms in total. The van der Waals surface area contributed by atoms with Gasteiger partial charge in [0.2, 0.25) is 0 Å². The lowest BCUT2D eigenvalue weighted by atomic mass is 10.1. The van der Waals surface area contributed by atoms with Crippen LogP contribution in [0.2, 0.25) is 5.15 Å². The van der Waals surface area contributed by atoms with Crippen LogP contribution in [0.15, 0.2) is 48.7 Å². The zero-order chi connectivity index (χ0) is 13.4. The first kappa shape index (κ1) is 11.7. The van der Waals surface area contributed by atoms with E-state index in [2.05, 4.69) is 4.98 Å². The van der Waals surface area contributed by atoms with Gasteiger partial charge in [0.25, 0.3) is 0 Å². The number of imidazole rings is 1. The summed E-state index contributed by atoms with van der Waals surface area (Å²) in [5.41, 5.74) is 1.57. The molecule has 1 aromatic carbocycles. The molecule has 0 aliphatic rings. The lowest BCUT2D eigenvalue weighted by Crippen LogP contribution is -2.01. The van der Waals surface area contributed by atoms with Crippen molar-refractivity contribution in [1.82, 2.24) is 9.38 Å². The number of aromatic nitrogens is 2. The Kier molecular flexibility index (Phi) is 2.72. The fraction of sp³-hybridized carbons (Fsp3) is 0. The molecule has 2 heterocycles. The summed E-state index contributed by atoms with van der Waals surface area (Å²) in [5.74, 6) is -0.460. The third kappa shape index (κ3) is 1.86. The molecule has 0 spiro atoms. The van der Waals surface area contributed by atoms with E-state index in [0.717, 1.165) is 5.52 Å². The van der Waals surface area contributed by atoms with E-state index in [1.165, 1.54) is 0 Å².